The van der Waals surface area contributed by atoms with Crippen LogP contribution in [0, 0.1) is 0 Å². The van der Waals surface area contributed by atoms with Gasteiger partial charge >= 0.3 is 5.97 Å². The minimum Gasteiger partial charge on any atom is -0.480 e. The topological polar surface area (TPSA) is 40.5 Å². The molecule has 1 unspecified atom stereocenters. The van der Waals surface area contributed by atoms with Gasteiger partial charge in [-0.1, -0.05) is 23.2 Å². The fourth-order valence-electron chi connectivity index (χ4n) is 1.36. The molecule has 1 atom stereocenters. The summed E-state index contributed by atoms with van der Waals surface area (Å²) in [7, 11) is 3.35. The second-order valence-corrected chi connectivity index (χ2v) is 4.21. The van der Waals surface area contributed by atoms with Crippen LogP contribution >= 0.6 is 23.2 Å². The molecule has 1 rings (SSSR count). The number of halogens is 2. The van der Waals surface area contributed by atoms with Gasteiger partial charge in [-0.15, -0.1) is 0 Å². The third kappa shape index (κ3) is 2.84. The molecule has 5 heteroatoms. The van der Waals surface area contributed by atoms with E-state index in [1.807, 2.05) is 0 Å². The molecule has 0 spiro atoms. The standard InChI is InChI=1S/C10H11Cl2NO2/c1-13(2)9(10(14)15)7-5-6(11)3-4-8(7)12/h3-5,9H,1-2H3,(H,14,15). The van der Waals surface area contributed by atoms with E-state index in [1.54, 1.807) is 37.2 Å². The Kier molecular flexibility index (Phi) is 3.97. The lowest BCUT2D eigenvalue weighted by Gasteiger charge is -2.21. The minimum absolute atomic E-state index is 0.403. The number of carboxylic acid groups (broad SMARTS) is 1. The quantitative estimate of drug-likeness (QED) is 0.893. The SMILES string of the molecule is CN(C)C(C(=O)O)c1cc(Cl)ccc1Cl. The maximum atomic E-state index is 11.1. The monoisotopic (exact) mass is 247 g/mol. The zero-order valence-electron chi connectivity index (χ0n) is 8.37. The van der Waals surface area contributed by atoms with Gasteiger partial charge in [-0.2, -0.15) is 0 Å². The Bertz CT molecular complexity index is 380. The average Bonchev–Trinajstić information content (AvgIpc) is 2.10. The first-order valence-corrected chi connectivity index (χ1v) is 5.03. The first-order chi connectivity index (χ1) is 6.93. The number of rotatable bonds is 3. The van der Waals surface area contributed by atoms with E-state index in [-0.39, 0.29) is 0 Å². The Balaban J connectivity index is 3.22. The third-order valence-corrected chi connectivity index (χ3v) is 2.58. The van der Waals surface area contributed by atoms with E-state index in [0.717, 1.165) is 0 Å². The Hall–Kier alpha value is -0.770. The van der Waals surface area contributed by atoms with Crippen LogP contribution in [0.4, 0.5) is 0 Å². The third-order valence-electron chi connectivity index (χ3n) is 2.00. The second kappa shape index (κ2) is 4.84. The van der Waals surface area contributed by atoms with Crippen molar-refractivity contribution in [1.29, 1.82) is 0 Å². The van der Waals surface area contributed by atoms with Gasteiger partial charge in [0.2, 0.25) is 0 Å². The van der Waals surface area contributed by atoms with Crippen molar-refractivity contribution in [2.24, 2.45) is 0 Å². The molecule has 3 nitrogen and oxygen atoms in total. The van der Waals surface area contributed by atoms with E-state index in [9.17, 15) is 4.79 Å². The number of benzene rings is 1. The number of nitrogens with zero attached hydrogens (tertiary/aromatic N) is 1. The molecule has 0 heterocycles. The Morgan fingerprint density at radius 3 is 2.47 bits per heavy atom. The summed E-state index contributed by atoms with van der Waals surface area (Å²) in [4.78, 5) is 12.6. The van der Waals surface area contributed by atoms with Crippen molar-refractivity contribution in [1.82, 2.24) is 4.90 Å². The van der Waals surface area contributed by atoms with Crippen molar-refractivity contribution in [3.63, 3.8) is 0 Å². The molecule has 0 aromatic heterocycles. The van der Waals surface area contributed by atoms with Crippen molar-refractivity contribution in [2.45, 2.75) is 6.04 Å². The van der Waals surface area contributed by atoms with Gasteiger partial charge in [0.05, 0.1) is 0 Å². The van der Waals surface area contributed by atoms with Crippen LogP contribution in [0.25, 0.3) is 0 Å². The van der Waals surface area contributed by atoms with Gasteiger partial charge in [-0.3, -0.25) is 9.69 Å². The Morgan fingerprint density at radius 1 is 1.40 bits per heavy atom. The van der Waals surface area contributed by atoms with Crippen molar-refractivity contribution in [3.05, 3.63) is 33.8 Å². The van der Waals surface area contributed by atoms with Gasteiger partial charge in [0.25, 0.3) is 0 Å². The van der Waals surface area contributed by atoms with Crippen LogP contribution in [0.15, 0.2) is 18.2 Å². The lowest BCUT2D eigenvalue weighted by molar-refractivity contribution is -0.142. The van der Waals surface area contributed by atoms with Crippen LogP contribution in [-0.4, -0.2) is 30.1 Å². The summed E-state index contributed by atoms with van der Waals surface area (Å²) in [6.07, 6.45) is 0. The molecule has 0 fully saturated rings. The molecule has 0 aliphatic heterocycles. The first kappa shape index (κ1) is 12.3. The maximum Gasteiger partial charge on any atom is 0.325 e. The Labute approximate surface area is 98.2 Å². The van der Waals surface area contributed by atoms with Crippen LogP contribution in [0.1, 0.15) is 11.6 Å². The van der Waals surface area contributed by atoms with E-state index in [0.29, 0.717) is 15.6 Å². The molecule has 0 bridgehead atoms. The molecule has 0 aliphatic rings. The molecule has 0 saturated carbocycles. The predicted octanol–water partition coefficient (Wildman–Crippen LogP) is 2.68. The highest BCUT2D eigenvalue weighted by molar-refractivity contribution is 6.33. The molecule has 0 aliphatic carbocycles. The van der Waals surface area contributed by atoms with E-state index in [4.69, 9.17) is 28.3 Å². The van der Waals surface area contributed by atoms with Gasteiger partial charge < -0.3 is 5.11 Å². The first-order valence-electron chi connectivity index (χ1n) is 4.27. The number of carbonyl (C=O) groups is 1. The summed E-state index contributed by atoms with van der Waals surface area (Å²) in [6, 6.07) is 4.01. The summed E-state index contributed by atoms with van der Waals surface area (Å²) in [5, 5.41) is 9.95. The van der Waals surface area contributed by atoms with Gasteiger partial charge in [0, 0.05) is 15.6 Å². The summed E-state index contributed by atoms with van der Waals surface area (Å²) in [5.74, 6) is -0.954. The van der Waals surface area contributed by atoms with Crippen LogP contribution in [0.3, 0.4) is 0 Å². The molecule has 1 aromatic rings. The molecule has 1 N–H and O–H groups in total. The van der Waals surface area contributed by atoms with Crippen molar-refractivity contribution in [3.8, 4) is 0 Å². The van der Waals surface area contributed by atoms with Crippen LogP contribution in [0.5, 0.6) is 0 Å². The van der Waals surface area contributed by atoms with Crippen molar-refractivity contribution < 1.29 is 9.90 Å². The average molecular weight is 248 g/mol. The van der Waals surface area contributed by atoms with Crippen molar-refractivity contribution in [2.75, 3.05) is 14.1 Å². The lowest BCUT2D eigenvalue weighted by atomic mass is 10.1. The number of likely N-dealkylation sites (N-methyl/N-ethyl adjacent to an activating group) is 1. The maximum absolute atomic E-state index is 11.1. The zero-order valence-corrected chi connectivity index (χ0v) is 9.88. The number of hydrogen-bond donors (Lipinski definition) is 1. The van der Waals surface area contributed by atoms with Crippen molar-refractivity contribution >= 4 is 29.2 Å². The fraction of sp³-hybridized carbons (Fsp3) is 0.300. The van der Waals surface area contributed by atoms with Gasteiger partial charge in [-0.05, 0) is 32.3 Å². The minimum atomic E-state index is -0.954. The van der Waals surface area contributed by atoms with E-state index < -0.39 is 12.0 Å². The normalized spacial score (nSPS) is 12.9. The summed E-state index contributed by atoms with van der Waals surface area (Å²) in [6.45, 7) is 0. The van der Waals surface area contributed by atoms with E-state index in [2.05, 4.69) is 0 Å². The summed E-state index contributed by atoms with van der Waals surface area (Å²) >= 11 is 11.7. The van der Waals surface area contributed by atoms with Gasteiger partial charge in [0.1, 0.15) is 6.04 Å². The number of hydrogen-bond acceptors (Lipinski definition) is 2. The van der Waals surface area contributed by atoms with E-state index >= 15 is 0 Å². The lowest BCUT2D eigenvalue weighted by Crippen LogP contribution is -2.27. The molecular formula is C10H11Cl2NO2. The highest BCUT2D eigenvalue weighted by Gasteiger charge is 2.24. The molecule has 82 valence electrons. The van der Waals surface area contributed by atoms with Gasteiger partial charge in [0.15, 0.2) is 0 Å². The smallest absolute Gasteiger partial charge is 0.325 e. The zero-order chi connectivity index (χ0) is 11.6. The predicted molar refractivity (Wildman–Crippen MR) is 60.5 cm³/mol. The largest absolute Gasteiger partial charge is 0.480 e. The molecule has 1 aromatic carbocycles. The number of aliphatic carboxylic acids is 1. The van der Waals surface area contributed by atoms with Crippen LogP contribution in [0.2, 0.25) is 10.0 Å². The fourth-order valence-corrected chi connectivity index (χ4v) is 1.76. The van der Waals surface area contributed by atoms with E-state index in [1.165, 1.54) is 0 Å². The highest BCUT2D eigenvalue weighted by Crippen LogP contribution is 2.29. The summed E-state index contributed by atoms with van der Waals surface area (Å²) in [5.41, 5.74) is 0.502. The molecule has 15 heavy (non-hydrogen) atoms. The van der Waals surface area contributed by atoms with Crippen LogP contribution < -0.4 is 0 Å². The molecular weight excluding hydrogens is 237 g/mol. The van der Waals surface area contributed by atoms with Gasteiger partial charge in [-0.25, -0.2) is 0 Å². The molecule has 0 amide bonds. The summed E-state index contributed by atoms with van der Waals surface area (Å²) < 4.78 is 0. The second-order valence-electron chi connectivity index (χ2n) is 3.37. The highest BCUT2D eigenvalue weighted by atomic mass is 35.5. The number of carboxylic acids is 1. The van der Waals surface area contributed by atoms with Crippen LogP contribution in [-0.2, 0) is 4.79 Å². The molecule has 0 saturated heterocycles. The molecule has 0 radical (unpaired) electrons. The Morgan fingerprint density at radius 2 is 2.00 bits per heavy atom.